The van der Waals surface area contributed by atoms with Crippen LogP contribution in [0.1, 0.15) is 31.9 Å². The Kier molecular flexibility index (Phi) is 3.18. The number of hydrazine groups is 1. The van der Waals surface area contributed by atoms with Crippen LogP contribution in [0.15, 0.2) is 18.5 Å². The fraction of sp³-hybridized carbons (Fsp3) is 0.533. The van der Waals surface area contributed by atoms with Crippen molar-refractivity contribution in [1.82, 2.24) is 15.0 Å². The van der Waals surface area contributed by atoms with Crippen molar-refractivity contribution in [2.24, 2.45) is 5.41 Å². The molecule has 2 saturated heterocycles. The molecule has 0 radical (unpaired) electrons. The molecule has 2 aliphatic rings. The van der Waals surface area contributed by atoms with E-state index in [-0.39, 0.29) is 12.6 Å². The molecule has 0 spiro atoms. The van der Waals surface area contributed by atoms with Crippen LogP contribution in [-0.4, -0.2) is 39.9 Å². The number of aromatic nitrogens is 1. The van der Waals surface area contributed by atoms with E-state index in [9.17, 15) is 13.6 Å². The zero-order chi connectivity index (χ0) is 16.1. The molecule has 1 aromatic rings. The molecule has 0 unspecified atom stereocenters. The number of carbonyl (C=O) groups excluding carboxylic acids is 1. The van der Waals surface area contributed by atoms with Gasteiger partial charge in [-0.1, -0.05) is 0 Å². The van der Waals surface area contributed by atoms with Crippen LogP contribution in [-0.2, 0) is 4.79 Å². The highest BCUT2D eigenvalue weighted by Gasteiger charge is 2.62. The Bertz CT molecular complexity index is 666. The van der Waals surface area contributed by atoms with Gasteiger partial charge in [0.25, 0.3) is 11.8 Å². The van der Waals surface area contributed by atoms with Crippen molar-refractivity contribution >= 4 is 11.6 Å². The summed E-state index contributed by atoms with van der Waals surface area (Å²) in [5.41, 5.74) is -0.615. The van der Waals surface area contributed by atoms with Gasteiger partial charge in [-0.15, -0.1) is 0 Å². The molecule has 5 nitrogen and oxygen atoms in total. The minimum absolute atomic E-state index is 0.0156. The summed E-state index contributed by atoms with van der Waals surface area (Å²) in [6.45, 7) is 9.71. The predicted molar refractivity (Wildman–Crippen MR) is 75.0 cm³/mol. The van der Waals surface area contributed by atoms with Crippen LogP contribution in [0.5, 0.6) is 0 Å². The minimum atomic E-state index is -3.09. The Labute approximate surface area is 127 Å². The molecule has 1 amide bonds. The number of hydrogen-bond acceptors (Lipinski definition) is 3. The number of alkyl halides is 2. The molecule has 22 heavy (non-hydrogen) atoms. The van der Waals surface area contributed by atoms with Gasteiger partial charge in [-0.25, -0.2) is 18.6 Å². The summed E-state index contributed by atoms with van der Waals surface area (Å²) >= 11 is 0. The topological polar surface area (TPSA) is 40.8 Å². The van der Waals surface area contributed by atoms with Crippen LogP contribution in [0.3, 0.4) is 0 Å². The average Bonchev–Trinajstić information content (AvgIpc) is 2.98. The van der Waals surface area contributed by atoms with Gasteiger partial charge in [0.05, 0.1) is 12.6 Å². The lowest BCUT2D eigenvalue weighted by Crippen LogP contribution is -2.45. The maximum atomic E-state index is 13.9. The quantitative estimate of drug-likeness (QED) is 0.789. The summed E-state index contributed by atoms with van der Waals surface area (Å²) < 4.78 is 27.8. The van der Waals surface area contributed by atoms with E-state index in [0.29, 0.717) is 24.2 Å². The van der Waals surface area contributed by atoms with Crippen LogP contribution in [0.25, 0.3) is 4.85 Å². The van der Waals surface area contributed by atoms with Crippen molar-refractivity contribution in [2.75, 3.05) is 13.1 Å². The van der Waals surface area contributed by atoms with Crippen molar-refractivity contribution in [2.45, 2.75) is 32.2 Å². The molecule has 2 fully saturated rings. The summed E-state index contributed by atoms with van der Waals surface area (Å²) in [5, 5.41) is 3.12. The SMILES string of the molecule is [C-]#[N+]c1cncc([C@@H]2CCN3C[C@@](C)(C(C)(F)F)C(=O)N23)c1. The van der Waals surface area contributed by atoms with Gasteiger partial charge in [0.2, 0.25) is 5.69 Å². The second-order valence-corrected chi connectivity index (χ2v) is 6.15. The number of fused-ring (bicyclic) bond motifs is 1. The van der Waals surface area contributed by atoms with E-state index in [1.165, 1.54) is 18.1 Å². The highest BCUT2D eigenvalue weighted by molar-refractivity contribution is 5.86. The van der Waals surface area contributed by atoms with Gasteiger partial charge in [-0.2, -0.15) is 0 Å². The van der Waals surface area contributed by atoms with Crippen molar-refractivity contribution in [3.05, 3.63) is 35.4 Å². The Balaban J connectivity index is 1.95. The standard InChI is InChI=1S/C15H16F2N4O/c1-14(15(2,16)17)9-20-5-4-12(21(20)13(14)22)10-6-11(18-3)8-19-7-10/h6-8,12H,4-5,9H2,1-2H3/t12-,14+/m0/s1. The molecule has 3 heterocycles. The third-order valence-electron chi connectivity index (χ3n) is 4.67. The van der Waals surface area contributed by atoms with Gasteiger partial charge in [0.1, 0.15) is 5.41 Å². The molecule has 0 aromatic carbocycles. The molecule has 0 bridgehead atoms. The first-order valence-corrected chi connectivity index (χ1v) is 7.07. The van der Waals surface area contributed by atoms with E-state index in [1.54, 1.807) is 17.3 Å². The molecule has 0 aliphatic carbocycles. The molecular weight excluding hydrogens is 290 g/mol. The van der Waals surface area contributed by atoms with E-state index >= 15 is 0 Å². The number of rotatable bonds is 2. The summed E-state index contributed by atoms with van der Waals surface area (Å²) in [6, 6.07) is 1.34. The van der Waals surface area contributed by atoms with Crippen LogP contribution in [0, 0.1) is 12.0 Å². The summed E-state index contributed by atoms with van der Waals surface area (Å²) in [7, 11) is 0. The minimum Gasteiger partial charge on any atom is -0.276 e. The number of nitrogens with zero attached hydrogens (tertiary/aromatic N) is 4. The van der Waals surface area contributed by atoms with Crippen molar-refractivity contribution in [1.29, 1.82) is 0 Å². The summed E-state index contributed by atoms with van der Waals surface area (Å²) in [5.74, 6) is -3.65. The van der Waals surface area contributed by atoms with E-state index in [0.717, 1.165) is 6.92 Å². The Morgan fingerprint density at radius 1 is 1.50 bits per heavy atom. The lowest BCUT2D eigenvalue weighted by atomic mass is 9.83. The molecule has 1 aromatic heterocycles. The second kappa shape index (κ2) is 4.71. The highest BCUT2D eigenvalue weighted by atomic mass is 19.3. The van der Waals surface area contributed by atoms with Gasteiger partial charge in [0, 0.05) is 32.4 Å². The zero-order valence-electron chi connectivity index (χ0n) is 12.4. The van der Waals surface area contributed by atoms with Crippen LogP contribution in [0.4, 0.5) is 14.5 Å². The first kappa shape index (κ1) is 14.9. The molecule has 2 aliphatic heterocycles. The number of carbonyl (C=O) groups is 1. The molecule has 0 N–H and O–H groups in total. The first-order valence-electron chi connectivity index (χ1n) is 7.07. The van der Waals surface area contributed by atoms with Gasteiger partial charge in [-0.05, 0) is 25.0 Å². The summed E-state index contributed by atoms with van der Waals surface area (Å²) in [6.07, 6.45) is 3.69. The maximum Gasteiger partial charge on any atom is 0.260 e. The van der Waals surface area contributed by atoms with Crippen LogP contribution in [0.2, 0.25) is 0 Å². The fourth-order valence-corrected chi connectivity index (χ4v) is 3.13. The predicted octanol–water partition coefficient (Wildman–Crippen LogP) is 2.80. The maximum absolute atomic E-state index is 13.9. The van der Waals surface area contributed by atoms with E-state index in [2.05, 4.69) is 9.83 Å². The Morgan fingerprint density at radius 2 is 2.23 bits per heavy atom. The summed E-state index contributed by atoms with van der Waals surface area (Å²) in [4.78, 5) is 19.9. The number of amides is 1. The lowest BCUT2D eigenvalue weighted by molar-refractivity contribution is -0.156. The normalized spacial score (nSPS) is 28.8. The number of hydrogen-bond donors (Lipinski definition) is 0. The molecule has 7 heteroatoms. The Morgan fingerprint density at radius 3 is 2.86 bits per heavy atom. The second-order valence-electron chi connectivity index (χ2n) is 6.15. The van der Waals surface area contributed by atoms with Crippen molar-refractivity contribution < 1.29 is 13.6 Å². The van der Waals surface area contributed by atoms with Gasteiger partial charge < -0.3 is 0 Å². The molecule has 3 rings (SSSR count). The average molecular weight is 306 g/mol. The van der Waals surface area contributed by atoms with Crippen molar-refractivity contribution in [3.8, 4) is 0 Å². The zero-order valence-corrected chi connectivity index (χ0v) is 12.4. The molecule has 0 saturated carbocycles. The van der Waals surface area contributed by atoms with Crippen LogP contribution < -0.4 is 0 Å². The van der Waals surface area contributed by atoms with Crippen LogP contribution >= 0.6 is 0 Å². The third kappa shape index (κ3) is 1.98. The fourth-order valence-electron chi connectivity index (χ4n) is 3.13. The van der Waals surface area contributed by atoms with Gasteiger partial charge in [0.15, 0.2) is 0 Å². The van der Waals surface area contributed by atoms with E-state index in [1.807, 2.05) is 0 Å². The van der Waals surface area contributed by atoms with E-state index < -0.39 is 17.2 Å². The highest BCUT2D eigenvalue weighted by Crippen LogP contribution is 2.48. The molecule has 2 atom stereocenters. The van der Waals surface area contributed by atoms with E-state index in [4.69, 9.17) is 6.57 Å². The first-order chi connectivity index (χ1) is 10.3. The lowest BCUT2D eigenvalue weighted by Gasteiger charge is -2.30. The van der Waals surface area contributed by atoms with Crippen molar-refractivity contribution in [3.63, 3.8) is 0 Å². The largest absolute Gasteiger partial charge is 0.276 e. The molecular formula is C15H16F2N4O. The van der Waals surface area contributed by atoms with Gasteiger partial charge >= 0.3 is 0 Å². The smallest absolute Gasteiger partial charge is 0.260 e. The molecule has 116 valence electrons. The Hall–Kier alpha value is -2.07. The third-order valence-corrected chi connectivity index (χ3v) is 4.67. The number of halogens is 2. The monoisotopic (exact) mass is 306 g/mol. The number of pyridine rings is 1. The van der Waals surface area contributed by atoms with Gasteiger partial charge in [-0.3, -0.25) is 14.8 Å².